The Morgan fingerprint density at radius 2 is 1.90 bits per heavy atom. The molecule has 0 spiro atoms. The van der Waals surface area contributed by atoms with Crippen molar-refractivity contribution in [1.82, 2.24) is 5.32 Å². The number of Topliss-reactive ketones (excluding diaryl/α,β-unsaturated/α-hetero) is 1. The summed E-state index contributed by atoms with van der Waals surface area (Å²) in [6.45, 7) is 1.78. The van der Waals surface area contributed by atoms with Crippen molar-refractivity contribution in [2.45, 2.75) is 24.7 Å². The quantitative estimate of drug-likeness (QED) is 0.247. The van der Waals surface area contributed by atoms with Gasteiger partial charge in [-0.2, -0.15) is 18.4 Å². The molecule has 2 heterocycles. The minimum Gasteiger partial charge on any atom is -0.363 e. The van der Waals surface area contributed by atoms with Gasteiger partial charge in [0.05, 0.1) is 33.2 Å². The maximum absolute atomic E-state index is 14.6. The highest BCUT2D eigenvalue weighted by atomic mass is 35.5. The molecule has 2 aromatic carbocycles. The van der Waals surface area contributed by atoms with Gasteiger partial charge in [-0.3, -0.25) is 9.59 Å². The molecule has 40 heavy (non-hydrogen) atoms. The van der Waals surface area contributed by atoms with Crippen LogP contribution in [0.4, 0.5) is 18.9 Å². The molecule has 1 aliphatic heterocycles. The molecular weight excluding hydrogens is 606 g/mol. The minimum atomic E-state index is -5.36. The molecule has 13 heteroatoms. The van der Waals surface area contributed by atoms with Gasteiger partial charge in [-0.25, -0.2) is 0 Å². The number of aryl methyl sites for hydroxylation is 1. The number of amides is 1. The van der Waals surface area contributed by atoms with E-state index in [1.807, 2.05) is 11.4 Å². The number of hydrogen-bond donors (Lipinski definition) is 3. The molecule has 3 atom stereocenters. The second kappa shape index (κ2) is 11.8. The molecule has 3 N–H and O–H groups in total. The molecule has 6 nitrogen and oxygen atoms in total. The molecule has 0 saturated heterocycles. The van der Waals surface area contributed by atoms with E-state index >= 15 is 0 Å². The Hall–Kier alpha value is -3.01. The van der Waals surface area contributed by atoms with Crippen LogP contribution in [-0.4, -0.2) is 34.5 Å². The van der Waals surface area contributed by atoms with Crippen molar-refractivity contribution < 1.29 is 27.9 Å². The van der Waals surface area contributed by atoms with Crippen LogP contribution in [-0.2, 0) is 4.79 Å². The van der Waals surface area contributed by atoms with Gasteiger partial charge in [0.2, 0.25) is 11.6 Å². The Morgan fingerprint density at radius 1 is 1.18 bits per heavy atom. The number of nitriles is 1. The molecule has 4 rings (SSSR count). The third kappa shape index (κ3) is 5.87. The summed E-state index contributed by atoms with van der Waals surface area (Å²) in [6.07, 6.45) is -5.36. The predicted molar refractivity (Wildman–Crippen MR) is 150 cm³/mol. The molecule has 0 unspecified atom stereocenters. The van der Waals surface area contributed by atoms with Gasteiger partial charge in [-0.05, 0) is 47.7 Å². The monoisotopic (exact) mass is 625 g/mol. The molecule has 1 amide bonds. The molecule has 208 valence electrons. The lowest BCUT2D eigenvalue weighted by atomic mass is 9.70. The number of anilines is 1. The van der Waals surface area contributed by atoms with Crippen LogP contribution in [0.2, 0.25) is 10.0 Å². The minimum absolute atomic E-state index is 0.00833. The van der Waals surface area contributed by atoms with Gasteiger partial charge in [-0.15, -0.1) is 11.3 Å². The fourth-order valence-electron chi connectivity index (χ4n) is 4.33. The van der Waals surface area contributed by atoms with E-state index in [0.29, 0.717) is 22.5 Å². The highest BCUT2D eigenvalue weighted by Crippen LogP contribution is 2.52. The lowest BCUT2D eigenvalue weighted by Crippen LogP contribution is -2.66. The lowest BCUT2D eigenvalue weighted by Gasteiger charge is -2.45. The van der Waals surface area contributed by atoms with Crippen molar-refractivity contribution in [1.29, 1.82) is 5.26 Å². The van der Waals surface area contributed by atoms with E-state index in [9.17, 15) is 33.1 Å². The fourth-order valence-corrected chi connectivity index (χ4v) is 6.37. The van der Waals surface area contributed by atoms with Gasteiger partial charge < -0.3 is 15.7 Å². The van der Waals surface area contributed by atoms with E-state index in [2.05, 4.69) is 5.32 Å². The standard InChI is InChI=1S/C27H20Cl2F3N3O3S2/c1-14-8-9-15(11-19(14)29)34-21(36)13-40-25-17(12-33)22(16-5-2-3-6-18(16)28)23(24(37)20-7-4-10-39-20)26(38,35-25)27(30,31)32/h2-11,22-23,35,38H,13H2,1H3,(H,34,36)/t22-,23-,26-/m0/s1. The number of rotatable bonds is 7. The number of nitrogens with zero attached hydrogens (tertiary/aromatic N) is 1. The number of thiophene rings is 1. The number of halogens is 5. The van der Waals surface area contributed by atoms with Gasteiger partial charge in [0, 0.05) is 21.7 Å². The number of ketones is 1. The number of carbonyl (C=O) groups is 2. The van der Waals surface area contributed by atoms with E-state index in [4.69, 9.17) is 23.2 Å². The van der Waals surface area contributed by atoms with Crippen LogP contribution >= 0.6 is 46.3 Å². The largest absolute Gasteiger partial charge is 0.437 e. The van der Waals surface area contributed by atoms with E-state index in [0.717, 1.165) is 16.9 Å². The van der Waals surface area contributed by atoms with Crippen LogP contribution in [0.25, 0.3) is 0 Å². The first-order chi connectivity index (χ1) is 18.9. The highest BCUT2D eigenvalue weighted by Gasteiger charge is 2.66. The number of hydrogen-bond acceptors (Lipinski definition) is 7. The van der Waals surface area contributed by atoms with Crippen LogP contribution in [0.3, 0.4) is 0 Å². The number of alkyl halides is 3. The zero-order valence-corrected chi connectivity index (χ0v) is 23.7. The summed E-state index contributed by atoms with van der Waals surface area (Å²) < 4.78 is 43.9. The predicted octanol–water partition coefficient (Wildman–Crippen LogP) is 6.91. The Kier molecular flexibility index (Phi) is 8.87. The first kappa shape index (κ1) is 30.0. The smallest absolute Gasteiger partial charge is 0.363 e. The lowest BCUT2D eigenvalue weighted by molar-refractivity contribution is -0.285. The molecule has 0 bridgehead atoms. The van der Waals surface area contributed by atoms with Crippen LogP contribution in [0.15, 0.2) is 70.6 Å². The summed E-state index contributed by atoms with van der Waals surface area (Å²) in [7, 11) is 0. The van der Waals surface area contributed by atoms with E-state index < -0.39 is 46.2 Å². The van der Waals surface area contributed by atoms with Crippen molar-refractivity contribution in [3.8, 4) is 6.07 Å². The number of allylic oxidation sites excluding steroid dienone is 1. The molecule has 0 radical (unpaired) electrons. The SMILES string of the molecule is Cc1ccc(NC(=O)CSC2=C(C#N)[C@H](c3ccccc3Cl)[C@@H](C(=O)c3cccs3)[C@](O)(C(F)(F)F)N2)cc1Cl. The van der Waals surface area contributed by atoms with Crippen LogP contribution in [0.1, 0.15) is 26.7 Å². The topological polar surface area (TPSA) is 102 Å². The third-order valence-corrected chi connectivity index (χ3v) is 8.94. The van der Waals surface area contributed by atoms with Gasteiger partial charge in [0.25, 0.3) is 0 Å². The van der Waals surface area contributed by atoms with E-state index in [-0.39, 0.29) is 21.0 Å². The number of carbonyl (C=O) groups excluding carboxylic acids is 2. The second-order valence-electron chi connectivity index (χ2n) is 8.86. The number of benzene rings is 2. The average Bonchev–Trinajstić information content (AvgIpc) is 3.44. The number of aliphatic hydroxyl groups is 1. The van der Waals surface area contributed by atoms with Gasteiger partial charge >= 0.3 is 6.18 Å². The highest BCUT2D eigenvalue weighted by molar-refractivity contribution is 8.03. The third-order valence-electron chi connectivity index (χ3n) is 6.29. The zero-order valence-electron chi connectivity index (χ0n) is 20.6. The Morgan fingerprint density at radius 3 is 2.50 bits per heavy atom. The summed E-state index contributed by atoms with van der Waals surface area (Å²) >= 11 is 14.0. The number of nitrogens with one attached hydrogen (secondary N) is 2. The van der Waals surface area contributed by atoms with Crippen molar-refractivity contribution in [2.75, 3.05) is 11.1 Å². The van der Waals surface area contributed by atoms with E-state index in [1.165, 1.54) is 41.8 Å². The molecule has 0 aliphatic carbocycles. The Labute approximate surface area is 245 Å². The normalized spacial score (nSPS) is 20.9. The average molecular weight is 627 g/mol. The van der Waals surface area contributed by atoms with Crippen molar-refractivity contribution >= 4 is 63.7 Å². The summed E-state index contributed by atoms with van der Waals surface area (Å²) in [5.74, 6) is -5.82. The van der Waals surface area contributed by atoms with Crippen LogP contribution < -0.4 is 10.6 Å². The molecular formula is C27H20Cl2F3N3O3S2. The Balaban J connectivity index is 1.78. The summed E-state index contributed by atoms with van der Waals surface area (Å²) in [4.78, 5) is 26.2. The van der Waals surface area contributed by atoms with Crippen LogP contribution in [0.5, 0.6) is 0 Å². The maximum Gasteiger partial charge on any atom is 0.437 e. The molecule has 0 saturated carbocycles. The Bertz CT molecular complexity index is 1520. The van der Waals surface area contributed by atoms with Crippen LogP contribution in [0, 0.1) is 24.2 Å². The van der Waals surface area contributed by atoms with Gasteiger partial charge in [0.15, 0.2) is 5.78 Å². The zero-order chi connectivity index (χ0) is 29.2. The number of thioether (sulfide) groups is 1. The first-order valence-electron chi connectivity index (χ1n) is 11.6. The second-order valence-corrected chi connectivity index (χ2v) is 11.6. The molecule has 0 fully saturated rings. The summed E-state index contributed by atoms with van der Waals surface area (Å²) in [5, 5.41) is 27.5. The summed E-state index contributed by atoms with van der Waals surface area (Å²) in [5.41, 5.74) is -2.85. The van der Waals surface area contributed by atoms with Crippen molar-refractivity contribution in [3.63, 3.8) is 0 Å². The molecule has 1 aromatic heterocycles. The van der Waals surface area contributed by atoms with E-state index in [1.54, 1.807) is 25.1 Å². The molecule has 3 aromatic rings. The van der Waals surface area contributed by atoms with Gasteiger partial charge in [0.1, 0.15) is 0 Å². The fraction of sp³-hybridized carbons (Fsp3) is 0.222. The summed E-state index contributed by atoms with van der Waals surface area (Å²) in [6, 6.07) is 15.4. The van der Waals surface area contributed by atoms with Gasteiger partial charge in [-0.1, -0.05) is 65.3 Å². The molecule has 1 aliphatic rings. The maximum atomic E-state index is 14.6. The van der Waals surface area contributed by atoms with Crippen molar-refractivity contribution in [3.05, 3.63) is 96.6 Å². The first-order valence-corrected chi connectivity index (χ1v) is 14.2. The van der Waals surface area contributed by atoms with Crippen molar-refractivity contribution in [2.24, 2.45) is 5.92 Å².